The molecule has 0 aliphatic carbocycles. The Balaban J connectivity index is 2.01. The van der Waals surface area contributed by atoms with E-state index in [4.69, 9.17) is 0 Å². The van der Waals surface area contributed by atoms with Gasteiger partial charge in [0.15, 0.2) is 0 Å². The number of rotatable bonds is 1. The molecule has 2 heterocycles. The van der Waals surface area contributed by atoms with Crippen LogP contribution in [0.5, 0.6) is 0 Å². The van der Waals surface area contributed by atoms with Gasteiger partial charge in [-0.25, -0.2) is 4.79 Å². The van der Waals surface area contributed by atoms with Crippen molar-refractivity contribution in [2.24, 2.45) is 0 Å². The summed E-state index contributed by atoms with van der Waals surface area (Å²) in [4.78, 5) is 11.2. The fourth-order valence-corrected chi connectivity index (χ4v) is 3.17. The highest BCUT2D eigenvalue weighted by molar-refractivity contribution is 5.96. The molecule has 0 spiro atoms. The third kappa shape index (κ3) is 1.96. The van der Waals surface area contributed by atoms with Gasteiger partial charge < -0.3 is 15.0 Å². The maximum Gasteiger partial charge on any atom is 0.335 e. The second kappa shape index (κ2) is 4.91. The molecule has 1 aliphatic rings. The molecule has 1 aliphatic heterocycles. The lowest BCUT2D eigenvalue weighted by Crippen LogP contribution is -2.12. The third-order valence-corrected chi connectivity index (χ3v) is 4.23. The molecule has 4 nitrogen and oxygen atoms in total. The fourth-order valence-electron chi connectivity index (χ4n) is 3.17. The van der Waals surface area contributed by atoms with Gasteiger partial charge in [0.2, 0.25) is 0 Å². The minimum atomic E-state index is -0.884. The number of hydrogen-bond donors (Lipinski definition) is 2. The monoisotopic (exact) mass is 292 g/mol. The van der Waals surface area contributed by atoms with Crippen LogP contribution < -0.4 is 5.32 Å². The molecular formula is C18H16N2O2. The number of nitrogens with one attached hydrogen (secondary N) is 1. The summed E-state index contributed by atoms with van der Waals surface area (Å²) in [5.74, 6) is -0.884. The fraction of sp³-hybridized carbons (Fsp3) is 0.167. The Labute approximate surface area is 128 Å². The summed E-state index contributed by atoms with van der Waals surface area (Å²) in [5, 5.41) is 13.8. The molecule has 4 heteroatoms. The van der Waals surface area contributed by atoms with Crippen molar-refractivity contribution in [3.63, 3.8) is 0 Å². The number of para-hydroxylation sites is 1. The summed E-state index contributed by atoms with van der Waals surface area (Å²) >= 11 is 0. The molecular weight excluding hydrogens is 276 g/mol. The van der Waals surface area contributed by atoms with Crippen molar-refractivity contribution in [1.82, 2.24) is 4.57 Å². The van der Waals surface area contributed by atoms with Crippen molar-refractivity contribution in [3.05, 3.63) is 54.1 Å². The zero-order valence-electron chi connectivity index (χ0n) is 12.0. The summed E-state index contributed by atoms with van der Waals surface area (Å²) < 4.78 is 2.24. The highest BCUT2D eigenvalue weighted by Gasteiger charge is 2.16. The molecule has 2 N–H and O–H groups in total. The lowest BCUT2D eigenvalue weighted by atomic mass is 10.1. The van der Waals surface area contributed by atoms with Crippen molar-refractivity contribution in [1.29, 1.82) is 0 Å². The second-order valence-electron chi connectivity index (χ2n) is 5.59. The van der Waals surface area contributed by atoms with E-state index >= 15 is 0 Å². The number of carboxylic acid groups (broad SMARTS) is 1. The summed E-state index contributed by atoms with van der Waals surface area (Å²) in [7, 11) is 0. The van der Waals surface area contributed by atoms with Gasteiger partial charge in [0.1, 0.15) is 0 Å². The van der Waals surface area contributed by atoms with Gasteiger partial charge in [-0.15, -0.1) is 0 Å². The van der Waals surface area contributed by atoms with E-state index in [1.807, 2.05) is 18.2 Å². The molecule has 0 fully saturated rings. The van der Waals surface area contributed by atoms with E-state index < -0.39 is 5.97 Å². The van der Waals surface area contributed by atoms with Gasteiger partial charge in [0, 0.05) is 35.2 Å². The summed E-state index contributed by atoms with van der Waals surface area (Å²) in [5.41, 5.74) is 4.76. The van der Waals surface area contributed by atoms with E-state index in [0.29, 0.717) is 5.56 Å². The first kappa shape index (κ1) is 13.0. The number of aromatic carboxylic acids is 1. The Kier molecular flexibility index (Phi) is 2.89. The Morgan fingerprint density at radius 2 is 2.00 bits per heavy atom. The van der Waals surface area contributed by atoms with Crippen molar-refractivity contribution in [2.75, 3.05) is 11.9 Å². The van der Waals surface area contributed by atoms with Crippen LogP contribution in [-0.4, -0.2) is 22.2 Å². The molecule has 0 bridgehead atoms. The SMILES string of the molecule is O=C(O)c1ccc2cc3n(c2c1)CCCNc1ccccc1-3. The zero-order chi connectivity index (χ0) is 15.1. The van der Waals surface area contributed by atoms with E-state index in [0.717, 1.165) is 47.4 Å². The smallest absolute Gasteiger partial charge is 0.335 e. The molecule has 1 aromatic heterocycles. The van der Waals surface area contributed by atoms with Gasteiger partial charge in [-0.05, 0) is 30.7 Å². The van der Waals surface area contributed by atoms with Gasteiger partial charge in [0.25, 0.3) is 0 Å². The lowest BCUT2D eigenvalue weighted by molar-refractivity contribution is 0.0697. The van der Waals surface area contributed by atoms with E-state index in [9.17, 15) is 9.90 Å². The highest BCUT2D eigenvalue weighted by Crippen LogP contribution is 2.34. The Bertz CT molecular complexity index is 880. The van der Waals surface area contributed by atoms with Crippen molar-refractivity contribution >= 4 is 22.6 Å². The second-order valence-corrected chi connectivity index (χ2v) is 5.59. The van der Waals surface area contributed by atoms with Gasteiger partial charge in [-0.2, -0.15) is 0 Å². The van der Waals surface area contributed by atoms with Crippen LogP contribution in [0.4, 0.5) is 5.69 Å². The molecule has 3 aromatic rings. The normalized spacial score (nSPS) is 13.6. The number of fused-ring (bicyclic) bond motifs is 5. The van der Waals surface area contributed by atoms with Crippen LogP contribution in [0.1, 0.15) is 16.8 Å². The van der Waals surface area contributed by atoms with Crippen LogP contribution in [0.2, 0.25) is 0 Å². The van der Waals surface area contributed by atoms with Crippen molar-refractivity contribution < 1.29 is 9.90 Å². The maximum atomic E-state index is 11.2. The van der Waals surface area contributed by atoms with Crippen LogP contribution in [0.25, 0.3) is 22.2 Å². The van der Waals surface area contributed by atoms with Crippen LogP contribution in [0, 0.1) is 0 Å². The topological polar surface area (TPSA) is 54.3 Å². The number of carboxylic acids is 1. The predicted octanol–water partition coefficient (Wildman–Crippen LogP) is 3.82. The molecule has 0 saturated heterocycles. The quantitative estimate of drug-likeness (QED) is 0.717. The first-order valence-corrected chi connectivity index (χ1v) is 7.44. The minimum absolute atomic E-state index is 0.335. The Hall–Kier alpha value is -2.75. The molecule has 110 valence electrons. The number of hydrogen-bond acceptors (Lipinski definition) is 2. The standard InChI is InChI=1S/C18H16N2O2/c21-18(22)13-7-6-12-10-17-14-4-1-2-5-15(14)19-8-3-9-20(17)16(12)11-13/h1-2,4-7,10-11,19H,3,8-9H2,(H,21,22). The van der Waals surface area contributed by atoms with E-state index in [-0.39, 0.29) is 0 Å². The maximum absolute atomic E-state index is 11.2. The molecule has 22 heavy (non-hydrogen) atoms. The minimum Gasteiger partial charge on any atom is -0.478 e. The van der Waals surface area contributed by atoms with Crippen LogP contribution in [0.15, 0.2) is 48.5 Å². The number of aryl methyl sites for hydroxylation is 1. The molecule has 0 unspecified atom stereocenters. The van der Waals surface area contributed by atoms with E-state index in [2.05, 4.69) is 28.1 Å². The third-order valence-electron chi connectivity index (χ3n) is 4.23. The van der Waals surface area contributed by atoms with Gasteiger partial charge in [0.05, 0.1) is 11.3 Å². The highest BCUT2D eigenvalue weighted by atomic mass is 16.4. The average molecular weight is 292 g/mol. The average Bonchev–Trinajstić information content (AvgIpc) is 2.86. The number of anilines is 1. The first-order chi connectivity index (χ1) is 10.7. The lowest BCUT2D eigenvalue weighted by Gasteiger charge is -2.19. The van der Waals surface area contributed by atoms with E-state index in [1.165, 1.54) is 0 Å². The van der Waals surface area contributed by atoms with Crippen LogP contribution in [0.3, 0.4) is 0 Å². The van der Waals surface area contributed by atoms with Crippen LogP contribution >= 0.6 is 0 Å². The zero-order valence-corrected chi connectivity index (χ0v) is 12.0. The number of nitrogens with zero attached hydrogens (tertiary/aromatic N) is 1. The first-order valence-electron chi connectivity index (χ1n) is 7.44. The molecule has 0 atom stereocenters. The summed E-state index contributed by atoms with van der Waals surface area (Å²) in [6.45, 7) is 1.79. The van der Waals surface area contributed by atoms with Gasteiger partial charge in [-0.3, -0.25) is 0 Å². The molecule has 0 amide bonds. The molecule has 0 radical (unpaired) electrons. The number of aromatic nitrogens is 1. The van der Waals surface area contributed by atoms with Gasteiger partial charge >= 0.3 is 5.97 Å². The van der Waals surface area contributed by atoms with Crippen LogP contribution in [-0.2, 0) is 6.54 Å². The van der Waals surface area contributed by atoms with E-state index in [1.54, 1.807) is 12.1 Å². The molecule has 0 saturated carbocycles. The van der Waals surface area contributed by atoms with Crippen molar-refractivity contribution in [3.8, 4) is 11.3 Å². The number of carbonyl (C=O) groups is 1. The largest absolute Gasteiger partial charge is 0.478 e. The van der Waals surface area contributed by atoms with Gasteiger partial charge in [-0.1, -0.05) is 24.3 Å². The van der Waals surface area contributed by atoms with Crippen molar-refractivity contribution in [2.45, 2.75) is 13.0 Å². The Morgan fingerprint density at radius 3 is 2.86 bits per heavy atom. The molecule has 2 aromatic carbocycles. The summed E-state index contributed by atoms with van der Waals surface area (Å²) in [6.07, 6.45) is 1.00. The Morgan fingerprint density at radius 1 is 1.14 bits per heavy atom. The molecule has 4 rings (SSSR count). The summed E-state index contributed by atoms with van der Waals surface area (Å²) in [6, 6.07) is 15.7. The predicted molar refractivity (Wildman–Crippen MR) is 87.4 cm³/mol. The number of benzene rings is 2.